The maximum absolute atomic E-state index is 6.12. The van der Waals surface area contributed by atoms with Crippen molar-refractivity contribution in [3.63, 3.8) is 0 Å². The van der Waals surface area contributed by atoms with Crippen LogP contribution in [0, 0.1) is 0 Å². The molecule has 0 amide bonds. The molecule has 3 heteroatoms. The van der Waals surface area contributed by atoms with Crippen molar-refractivity contribution < 1.29 is 0 Å². The first-order chi connectivity index (χ1) is 9.24. The standard InChI is InChI=1S/C16H14N2S/c1-9-8-13-14(16(17)18-9)12-7-6-10-4-2-3-5-11(10)15(12)19-13/h2-5H,1,6-8H2,(H2,17,18). The molecule has 0 radical (unpaired) electrons. The summed E-state index contributed by atoms with van der Waals surface area (Å²) < 4.78 is 0. The smallest absolute Gasteiger partial charge is 0.132 e. The highest BCUT2D eigenvalue weighted by Crippen LogP contribution is 2.44. The van der Waals surface area contributed by atoms with E-state index in [1.54, 1.807) is 0 Å². The molecule has 2 aromatic rings. The van der Waals surface area contributed by atoms with E-state index in [-0.39, 0.29) is 0 Å². The van der Waals surface area contributed by atoms with Crippen molar-refractivity contribution in [1.82, 2.24) is 0 Å². The van der Waals surface area contributed by atoms with E-state index in [0.29, 0.717) is 5.84 Å². The molecular weight excluding hydrogens is 252 g/mol. The maximum atomic E-state index is 6.12. The van der Waals surface area contributed by atoms with Gasteiger partial charge in [-0.2, -0.15) is 0 Å². The van der Waals surface area contributed by atoms with Crippen LogP contribution in [0.25, 0.3) is 10.4 Å². The third-order valence-corrected chi connectivity index (χ3v) is 5.15. The molecule has 1 aliphatic heterocycles. The molecule has 4 rings (SSSR count). The fourth-order valence-electron chi connectivity index (χ4n) is 3.07. The van der Waals surface area contributed by atoms with Crippen LogP contribution in [0.15, 0.2) is 41.5 Å². The van der Waals surface area contributed by atoms with Crippen molar-refractivity contribution in [2.24, 2.45) is 10.7 Å². The lowest BCUT2D eigenvalue weighted by atomic mass is 9.88. The molecule has 0 bridgehead atoms. The highest BCUT2D eigenvalue weighted by molar-refractivity contribution is 7.16. The molecule has 0 saturated heterocycles. The van der Waals surface area contributed by atoms with Gasteiger partial charge in [-0.05, 0) is 29.5 Å². The minimum Gasteiger partial charge on any atom is -0.383 e. The number of aryl methyl sites for hydroxylation is 1. The second kappa shape index (κ2) is 3.81. The lowest BCUT2D eigenvalue weighted by Gasteiger charge is -2.18. The molecule has 2 heterocycles. The first-order valence-electron chi connectivity index (χ1n) is 6.49. The van der Waals surface area contributed by atoms with Crippen LogP contribution >= 0.6 is 11.3 Å². The minimum atomic E-state index is 0.656. The van der Waals surface area contributed by atoms with Gasteiger partial charge in [0.1, 0.15) is 5.84 Å². The highest BCUT2D eigenvalue weighted by atomic mass is 32.1. The lowest BCUT2D eigenvalue weighted by molar-refractivity contribution is 0.941. The molecule has 0 atom stereocenters. The average Bonchev–Trinajstić information content (AvgIpc) is 2.77. The summed E-state index contributed by atoms with van der Waals surface area (Å²) in [5, 5.41) is 0. The number of hydrogen-bond donors (Lipinski definition) is 1. The topological polar surface area (TPSA) is 38.4 Å². The highest BCUT2D eigenvalue weighted by Gasteiger charge is 2.27. The zero-order chi connectivity index (χ0) is 13.0. The molecule has 0 fully saturated rings. The molecule has 2 aliphatic rings. The Balaban J connectivity index is 1.99. The Hall–Kier alpha value is -1.87. The van der Waals surface area contributed by atoms with Gasteiger partial charge in [-0.1, -0.05) is 30.8 Å². The van der Waals surface area contributed by atoms with Gasteiger partial charge in [-0.15, -0.1) is 11.3 Å². The largest absolute Gasteiger partial charge is 0.383 e. The van der Waals surface area contributed by atoms with Crippen LogP contribution in [-0.4, -0.2) is 5.84 Å². The van der Waals surface area contributed by atoms with E-state index in [0.717, 1.165) is 25.0 Å². The van der Waals surface area contributed by atoms with Crippen LogP contribution in [0.3, 0.4) is 0 Å². The van der Waals surface area contributed by atoms with Crippen LogP contribution in [0.1, 0.15) is 21.6 Å². The summed E-state index contributed by atoms with van der Waals surface area (Å²) in [6, 6.07) is 8.68. The summed E-state index contributed by atoms with van der Waals surface area (Å²) in [6.07, 6.45) is 3.01. The Kier molecular flexibility index (Phi) is 2.21. The Morgan fingerprint density at radius 2 is 2.05 bits per heavy atom. The summed E-state index contributed by atoms with van der Waals surface area (Å²) in [6.45, 7) is 3.95. The zero-order valence-electron chi connectivity index (χ0n) is 10.6. The van der Waals surface area contributed by atoms with Crippen LogP contribution < -0.4 is 5.73 Å². The molecule has 0 unspecified atom stereocenters. The number of thiophene rings is 1. The molecule has 1 aliphatic carbocycles. The van der Waals surface area contributed by atoms with Crippen molar-refractivity contribution in [2.75, 3.05) is 0 Å². The summed E-state index contributed by atoms with van der Waals surface area (Å²) in [5.74, 6) is 0.656. The number of nitrogens with zero attached hydrogens (tertiary/aromatic N) is 1. The summed E-state index contributed by atoms with van der Waals surface area (Å²) in [7, 11) is 0. The summed E-state index contributed by atoms with van der Waals surface area (Å²) >= 11 is 1.87. The van der Waals surface area contributed by atoms with Gasteiger partial charge in [-0.25, -0.2) is 4.99 Å². The van der Waals surface area contributed by atoms with Gasteiger partial charge in [0, 0.05) is 27.4 Å². The predicted octanol–water partition coefficient (Wildman–Crippen LogP) is 3.29. The number of aliphatic imine (C=N–C) groups is 1. The summed E-state index contributed by atoms with van der Waals surface area (Å²) in [5.41, 5.74) is 12.4. The second-order valence-electron chi connectivity index (χ2n) is 5.11. The molecule has 1 aromatic heterocycles. The van der Waals surface area contributed by atoms with E-state index in [2.05, 4.69) is 35.8 Å². The van der Waals surface area contributed by atoms with Gasteiger partial charge in [0.15, 0.2) is 0 Å². The zero-order valence-corrected chi connectivity index (χ0v) is 11.4. The van der Waals surface area contributed by atoms with Crippen LogP contribution in [0.2, 0.25) is 0 Å². The van der Waals surface area contributed by atoms with Crippen molar-refractivity contribution >= 4 is 17.2 Å². The number of allylic oxidation sites excluding steroid dienone is 1. The van der Waals surface area contributed by atoms with Crippen molar-refractivity contribution in [3.05, 3.63) is 58.1 Å². The van der Waals surface area contributed by atoms with Gasteiger partial charge in [0.05, 0.1) is 0 Å². The second-order valence-corrected chi connectivity index (χ2v) is 6.21. The Morgan fingerprint density at radius 3 is 2.95 bits per heavy atom. The van der Waals surface area contributed by atoms with Crippen LogP contribution in [-0.2, 0) is 19.3 Å². The fraction of sp³-hybridized carbons (Fsp3) is 0.188. The van der Waals surface area contributed by atoms with Crippen LogP contribution in [0.5, 0.6) is 0 Å². The van der Waals surface area contributed by atoms with E-state index >= 15 is 0 Å². The van der Waals surface area contributed by atoms with E-state index in [9.17, 15) is 0 Å². The Morgan fingerprint density at radius 1 is 1.21 bits per heavy atom. The molecule has 1 aromatic carbocycles. The van der Waals surface area contributed by atoms with Crippen molar-refractivity contribution in [1.29, 1.82) is 0 Å². The molecule has 2 N–H and O–H groups in total. The van der Waals surface area contributed by atoms with Gasteiger partial charge >= 0.3 is 0 Å². The molecule has 0 saturated carbocycles. The lowest BCUT2D eigenvalue weighted by Crippen LogP contribution is -2.20. The number of benzene rings is 1. The SMILES string of the molecule is C=C1Cc2sc3c(c2C(N)=N1)CCc1ccccc1-3. The van der Waals surface area contributed by atoms with Crippen LogP contribution in [0.4, 0.5) is 0 Å². The molecule has 94 valence electrons. The van der Waals surface area contributed by atoms with Crippen molar-refractivity contribution in [2.45, 2.75) is 19.3 Å². The third kappa shape index (κ3) is 1.51. The molecule has 19 heavy (non-hydrogen) atoms. The third-order valence-electron chi connectivity index (χ3n) is 3.89. The predicted molar refractivity (Wildman–Crippen MR) is 80.7 cm³/mol. The average molecular weight is 266 g/mol. The van der Waals surface area contributed by atoms with E-state index in [1.807, 2.05) is 11.3 Å². The first kappa shape index (κ1) is 11.0. The fourth-order valence-corrected chi connectivity index (χ4v) is 4.52. The van der Waals surface area contributed by atoms with Crippen molar-refractivity contribution in [3.8, 4) is 10.4 Å². The number of hydrogen-bond acceptors (Lipinski definition) is 3. The quantitative estimate of drug-likeness (QED) is 0.780. The van der Waals surface area contributed by atoms with Gasteiger partial charge in [0.25, 0.3) is 0 Å². The molecular formula is C16H14N2S. The number of fused-ring (bicyclic) bond motifs is 5. The van der Waals surface area contributed by atoms with E-state index in [1.165, 1.54) is 32.0 Å². The Labute approximate surface area is 116 Å². The van der Waals surface area contributed by atoms with E-state index < -0.39 is 0 Å². The Bertz CT molecular complexity index is 737. The number of amidine groups is 1. The number of nitrogens with two attached hydrogens (primary N) is 1. The van der Waals surface area contributed by atoms with Gasteiger partial charge in [-0.3, -0.25) is 0 Å². The van der Waals surface area contributed by atoms with Gasteiger partial charge < -0.3 is 5.73 Å². The summed E-state index contributed by atoms with van der Waals surface area (Å²) in [4.78, 5) is 7.09. The molecule has 0 spiro atoms. The molecule has 2 nitrogen and oxygen atoms in total. The minimum absolute atomic E-state index is 0.656. The van der Waals surface area contributed by atoms with E-state index in [4.69, 9.17) is 5.73 Å². The first-order valence-corrected chi connectivity index (χ1v) is 7.31. The monoisotopic (exact) mass is 266 g/mol. The normalized spacial score (nSPS) is 16.4. The number of rotatable bonds is 0. The maximum Gasteiger partial charge on any atom is 0.132 e. The van der Waals surface area contributed by atoms with Gasteiger partial charge in [0.2, 0.25) is 0 Å².